The van der Waals surface area contributed by atoms with Gasteiger partial charge in [0.05, 0.1) is 0 Å². The molecule has 1 aliphatic rings. The highest BCUT2D eigenvalue weighted by atomic mass is 16.6. The van der Waals surface area contributed by atoms with Gasteiger partial charge < -0.3 is 15.8 Å². The molecule has 0 heterocycles. The molecule has 1 saturated carbocycles. The number of hydrogen-bond acceptors (Lipinski definition) is 3. The van der Waals surface area contributed by atoms with Crippen molar-refractivity contribution in [3.63, 3.8) is 0 Å². The second-order valence-electron chi connectivity index (χ2n) is 3.80. The van der Waals surface area contributed by atoms with E-state index in [9.17, 15) is 4.79 Å². The van der Waals surface area contributed by atoms with Gasteiger partial charge in [-0.1, -0.05) is 6.92 Å². The summed E-state index contributed by atoms with van der Waals surface area (Å²) in [4.78, 5) is 11.2. The van der Waals surface area contributed by atoms with Gasteiger partial charge in [0.15, 0.2) is 0 Å². The number of amides is 1. The molecule has 0 bridgehead atoms. The van der Waals surface area contributed by atoms with Crippen molar-refractivity contribution in [1.82, 2.24) is 5.32 Å². The molecule has 4 heteroatoms. The van der Waals surface area contributed by atoms with E-state index < -0.39 is 0 Å². The van der Waals surface area contributed by atoms with Gasteiger partial charge in [-0.2, -0.15) is 0 Å². The number of rotatable bonds is 4. The molecule has 0 radical (unpaired) electrons. The minimum atomic E-state index is -0.294. The summed E-state index contributed by atoms with van der Waals surface area (Å²) in [5, 5.41) is 2.70. The van der Waals surface area contributed by atoms with Crippen LogP contribution in [0, 0.1) is 5.92 Å². The maximum Gasteiger partial charge on any atom is 0.407 e. The highest BCUT2D eigenvalue weighted by Gasteiger charge is 2.29. The minimum Gasteiger partial charge on any atom is -0.446 e. The molecule has 82 valence electrons. The predicted molar refractivity (Wildman–Crippen MR) is 55.0 cm³/mol. The molecule has 2 unspecified atom stereocenters. The van der Waals surface area contributed by atoms with Gasteiger partial charge in [-0.15, -0.1) is 0 Å². The highest BCUT2D eigenvalue weighted by molar-refractivity contribution is 5.67. The largest absolute Gasteiger partial charge is 0.446 e. The Kier molecular flexibility index (Phi) is 4.73. The Labute approximate surface area is 85.2 Å². The molecule has 0 aliphatic heterocycles. The Morgan fingerprint density at radius 2 is 2.36 bits per heavy atom. The zero-order valence-electron chi connectivity index (χ0n) is 8.79. The van der Waals surface area contributed by atoms with E-state index in [0.29, 0.717) is 19.0 Å². The Balaban J connectivity index is 2.25. The first-order chi connectivity index (χ1) is 6.77. The first-order valence-corrected chi connectivity index (χ1v) is 5.42. The van der Waals surface area contributed by atoms with E-state index in [2.05, 4.69) is 5.32 Å². The zero-order valence-corrected chi connectivity index (χ0v) is 8.79. The average molecular weight is 200 g/mol. The number of hydrogen-bond donors (Lipinski definition) is 2. The van der Waals surface area contributed by atoms with Crippen molar-refractivity contribution >= 4 is 6.09 Å². The second kappa shape index (κ2) is 5.86. The molecule has 0 spiro atoms. The minimum absolute atomic E-state index is 0.0388. The number of alkyl carbamates (subject to hydrolysis) is 1. The molecule has 1 aliphatic carbocycles. The fourth-order valence-electron chi connectivity index (χ4n) is 1.83. The lowest BCUT2D eigenvalue weighted by Crippen LogP contribution is -2.33. The summed E-state index contributed by atoms with van der Waals surface area (Å²) < 4.78 is 5.29. The predicted octanol–water partition coefficient (Wildman–Crippen LogP) is 1.25. The average Bonchev–Trinajstić information content (AvgIpc) is 2.62. The molecular weight excluding hydrogens is 180 g/mol. The van der Waals surface area contributed by atoms with Crippen molar-refractivity contribution in [2.45, 2.75) is 38.7 Å². The normalized spacial score (nSPS) is 26.1. The Hall–Kier alpha value is -0.770. The molecule has 0 aromatic rings. The molecule has 0 aromatic heterocycles. The van der Waals surface area contributed by atoms with Gasteiger partial charge in [-0.25, -0.2) is 4.79 Å². The smallest absolute Gasteiger partial charge is 0.407 e. The van der Waals surface area contributed by atoms with Gasteiger partial charge in [-0.3, -0.25) is 0 Å². The van der Waals surface area contributed by atoms with Crippen LogP contribution in [0.1, 0.15) is 32.6 Å². The Morgan fingerprint density at radius 3 is 3.00 bits per heavy atom. The SMILES string of the molecule is CCCNC(=O)OC1CCCC1CN. The van der Waals surface area contributed by atoms with Gasteiger partial charge in [0.1, 0.15) is 6.10 Å². The summed E-state index contributed by atoms with van der Waals surface area (Å²) in [6, 6.07) is 0. The number of ether oxygens (including phenoxy) is 1. The summed E-state index contributed by atoms with van der Waals surface area (Å²) >= 11 is 0. The van der Waals surface area contributed by atoms with Crippen LogP contribution in [0.3, 0.4) is 0 Å². The molecule has 14 heavy (non-hydrogen) atoms. The fraction of sp³-hybridized carbons (Fsp3) is 0.900. The highest BCUT2D eigenvalue weighted by Crippen LogP contribution is 2.27. The molecule has 0 aromatic carbocycles. The van der Waals surface area contributed by atoms with Crippen LogP contribution in [0.5, 0.6) is 0 Å². The van der Waals surface area contributed by atoms with Gasteiger partial charge in [-0.05, 0) is 32.2 Å². The first kappa shape index (κ1) is 11.3. The molecule has 1 amide bonds. The van der Waals surface area contributed by atoms with E-state index in [0.717, 1.165) is 25.7 Å². The van der Waals surface area contributed by atoms with Crippen molar-refractivity contribution in [2.75, 3.05) is 13.1 Å². The number of carbonyl (C=O) groups is 1. The lowest BCUT2D eigenvalue weighted by molar-refractivity contribution is 0.0778. The van der Waals surface area contributed by atoms with E-state index in [1.807, 2.05) is 6.92 Å². The topological polar surface area (TPSA) is 64.3 Å². The van der Waals surface area contributed by atoms with Gasteiger partial charge in [0.2, 0.25) is 0 Å². The summed E-state index contributed by atoms with van der Waals surface area (Å²) in [7, 11) is 0. The van der Waals surface area contributed by atoms with E-state index >= 15 is 0 Å². The second-order valence-corrected chi connectivity index (χ2v) is 3.80. The maximum atomic E-state index is 11.2. The van der Waals surface area contributed by atoms with Crippen molar-refractivity contribution in [1.29, 1.82) is 0 Å². The van der Waals surface area contributed by atoms with Crippen LogP contribution in [0.15, 0.2) is 0 Å². The third-order valence-electron chi connectivity index (χ3n) is 2.67. The molecule has 1 rings (SSSR count). The third kappa shape index (κ3) is 3.18. The quantitative estimate of drug-likeness (QED) is 0.718. The molecule has 4 nitrogen and oxygen atoms in total. The lowest BCUT2D eigenvalue weighted by atomic mass is 10.1. The van der Waals surface area contributed by atoms with E-state index in [-0.39, 0.29) is 12.2 Å². The zero-order chi connectivity index (χ0) is 10.4. The number of nitrogens with one attached hydrogen (secondary N) is 1. The van der Waals surface area contributed by atoms with Crippen molar-refractivity contribution < 1.29 is 9.53 Å². The van der Waals surface area contributed by atoms with Gasteiger partial charge >= 0.3 is 6.09 Å². The van der Waals surface area contributed by atoms with E-state index in [4.69, 9.17) is 10.5 Å². The standard InChI is InChI=1S/C10H20N2O2/c1-2-6-12-10(13)14-9-5-3-4-8(9)7-11/h8-9H,2-7,11H2,1H3,(H,12,13). The number of carbonyl (C=O) groups excluding carboxylic acids is 1. The van der Waals surface area contributed by atoms with E-state index in [1.54, 1.807) is 0 Å². The van der Waals surface area contributed by atoms with Crippen molar-refractivity contribution in [3.05, 3.63) is 0 Å². The molecule has 0 saturated heterocycles. The monoisotopic (exact) mass is 200 g/mol. The van der Waals surface area contributed by atoms with Gasteiger partial charge in [0, 0.05) is 12.5 Å². The maximum absolute atomic E-state index is 11.2. The van der Waals surface area contributed by atoms with Crippen LogP contribution >= 0.6 is 0 Å². The fourth-order valence-corrected chi connectivity index (χ4v) is 1.83. The van der Waals surface area contributed by atoms with Crippen LogP contribution in [-0.2, 0) is 4.74 Å². The molecule has 3 N–H and O–H groups in total. The summed E-state index contributed by atoms with van der Waals surface area (Å²) in [6.45, 7) is 3.31. The lowest BCUT2D eigenvalue weighted by Gasteiger charge is -2.18. The third-order valence-corrected chi connectivity index (χ3v) is 2.67. The molecule has 2 atom stereocenters. The Morgan fingerprint density at radius 1 is 1.57 bits per heavy atom. The van der Waals surface area contributed by atoms with Crippen LogP contribution in [0.25, 0.3) is 0 Å². The van der Waals surface area contributed by atoms with Crippen molar-refractivity contribution in [3.8, 4) is 0 Å². The van der Waals surface area contributed by atoms with Crippen molar-refractivity contribution in [2.24, 2.45) is 11.7 Å². The first-order valence-electron chi connectivity index (χ1n) is 5.42. The molecular formula is C10H20N2O2. The molecule has 1 fully saturated rings. The van der Waals surface area contributed by atoms with Crippen LogP contribution in [0.2, 0.25) is 0 Å². The summed E-state index contributed by atoms with van der Waals surface area (Å²) in [6.07, 6.45) is 3.84. The van der Waals surface area contributed by atoms with Gasteiger partial charge in [0.25, 0.3) is 0 Å². The van der Waals surface area contributed by atoms with E-state index in [1.165, 1.54) is 0 Å². The van der Waals surface area contributed by atoms with Crippen LogP contribution < -0.4 is 11.1 Å². The summed E-state index contributed by atoms with van der Waals surface area (Å²) in [5.74, 6) is 0.363. The summed E-state index contributed by atoms with van der Waals surface area (Å²) in [5.41, 5.74) is 5.59. The van der Waals surface area contributed by atoms with Crippen LogP contribution in [-0.4, -0.2) is 25.3 Å². The number of nitrogens with two attached hydrogens (primary N) is 1. The Bertz CT molecular complexity index is 185. The van der Waals surface area contributed by atoms with Crippen LogP contribution in [0.4, 0.5) is 4.79 Å².